The molecule has 2 unspecified atom stereocenters. The Balaban J connectivity index is 2.90. The fourth-order valence-corrected chi connectivity index (χ4v) is 2.30. The Morgan fingerprint density at radius 2 is 2.06 bits per heavy atom. The van der Waals surface area contributed by atoms with E-state index in [4.69, 9.17) is 10.8 Å². The van der Waals surface area contributed by atoms with Crippen molar-refractivity contribution in [1.29, 1.82) is 0 Å². The van der Waals surface area contributed by atoms with Crippen molar-refractivity contribution in [2.75, 3.05) is 6.54 Å². The summed E-state index contributed by atoms with van der Waals surface area (Å²) in [6.45, 7) is 1.11. The number of hydrogen-bond donors (Lipinski definition) is 3. The molecule has 102 valence electrons. The lowest BCUT2D eigenvalue weighted by Gasteiger charge is -2.15. The molecule has 1 aromatic carbocycles. The normalized spacial score (nSPS) is 15.4. The van der Waals surface area contributed by atoms with Gasteiger partial charge in [-0.2, -0.15) is 0 Å². The van der Waals surface area contributed by atoms with Crippen LogP contribution in [0.4, 0.5) is 8.78 Å². The maximum atomic E-state index is 13.3. The van der Waals surface area contributed by atoms with E-state index in [2.05, 4.69) is 0 Å². The van der Waals surface area contributed by atoms with Crippen LogP contribution in [-0.2, 0) is 10.0 Å². The molecule has 0 bridgehead atoms. The van der Waals surface area contributed by atoms with Gasteiger partial charge in [0.1, 0.15) is 16.5 Å². The highest BCUT2D eigenvalue weighted by Gasteiger charge is 2.21. The van der Waals surface area contributed by atoms with E-state index in [-0.39, 0.29) is 6.54 Å². The van der Waals surface area contributed by atoms with Gasteiger partial charge in [-0.15, -0.1) is 0 Å². The molecule has 0 aliphatic rings. The second-order valence-corrected chi connectivity index (χ2v) is 5.57. The number of halogens is 2. The zero-order chi connectivity index (χ0) is 13.9. The summed E-state index contributed by atoms with van der Waals surface area (Å²) in [5.41, 5.74) is 5.42. The molecule has 0 aliphatic carbocycles. The minimum Gasteiger partial charge on any atom is -0.392 e. The van der Waals surface area contributed by atoms with E-state index < -0.39 is 38.7 Å². The molecular weight excluding hydrogens is 266 g/mol. The standard InChI is InChI=1S/C10H14F2N2O3S/c1-6(15)9(13)5-14-18(16,17)10-4-7(11)2-3-8(10)12/h2-4,6,9,14-15H,5,13H2,1H3. The van der Waals surface area contributed by atoms with Crippen LogP contribution in [0.25, 0.3) is 0 Å². The largest absolute Gasteiger partial charge is 0.392 e. The first-order valence-corrected chi connectivity index (χ1v) is 6.60. The number of aliphatic hydroxyl groups excluding tert-OH is 1. The van der Waals surface area contributed by atoms with Crippen LogP contribution in [0.3, 0.4) is 0 Å². The van der Waals surface area contributed by atoms with E-state index >= 15 is 0 Å². The summed E-state index contributed by atoms with van der Waals surface area (Å²) in [4.78, 5) is -0.791. The molecule has 2 atom stereocenters. The fourth-order valence-electron chi connectivity index (χ4n) is 1.14. The molecule has 0 amide bonds. The number of sulfonamides is 1. The molecule has 0 spiro atoms. The number of nitrogens with two attached hydrogens (primary N) is 1. The molecule has 0 aliphatic heterocycles. The Hall–Kier alpha value is -1.09. The first-order chi connectivity index (χ1) is 8.24. The Kier molecular flexibility index (Phi) is 4.74. The van der Waals surface area contributed by atoms with E-state index in [0.717, 1.165) is 12.1 Å². The van der Waals surface area contributed by atoms with Crippen LogP contribution in [0.15, 0.2) is 23.1 Å². The van der Waals surface area contributed by atoms with Crippen molar-refractivity contribution in [2.45, 2.75) is 24.0 Å². The van der Waals surface area contributed by atoms with Crippen LogP contribution in [0.1, 0.15) is 6.92 Å². The van der Waals surface area contributed by atoms with Gasteiger partial charge in [0, 0.05) is 12.6 Å². The highest BCUT2D eigenvalue weighted by atomic mass is 32.2. The van der Waals surface area contributed by atoms with E-state index in [1.165, 1.54) is 6.92 Å². The second-order valence-electron chi connectivity index (χ2n) is 3.83. The molecule has 18 heavy (non-hydrogen) atoms. The Morgan fingerprint density at radius 1 is 1.44 bits per heavy atom. The maximum Gasteiger partial charge on any atom is 0.243 e. The molecule has 1 rings (SSSR count). The van der Waals surface area contributed by atoms with Crippen molar-refractivity contribution in [3.63, 3.8) is 0 Å². The summed E-state index contributed by atoms with van der Waals surface area (Å²) >= 11 is 0. The first-order valence-electron chi connectivity index (χ1n) is 5.12. The lowest BCUT2D eigenvalue weighted by atomic mass is 10.2. The van der Waals surface area contributed by atoms with Crippen LogP contribution in [0, 0.1) is 11.6 Å². The molecular formula is C10H14F2N2O3S. The summed E-state index contributed by atoms with van der Waals surface area (Å²) in [5, 5.41) is 9.09. The van der Waals surface area contributed by atoms with Gasteiger partial charge in [-0.05, 0) is 25.1 Å². The van der Waals surface area contributed by atoms with Gasteiger partial charge in [0.05, 0.1) is 6.10 Å². The number of aliphatic hydroxyl groups is 1. The minimum atomic E-state index is -4.20. The zero-order valence-corrected chi connectivity index (χ0v) is 10.4. The molecule has 4 N–H and O–H groups in total. The Bertz CT molecular complexity index is 520. The van der Waals surface area contributed by atoms with Gasteiger partial charge in [0.15, 0.2) is 0 Å². The summed E-state index contributed by atoms with van der Waals surface area (Å²) in [6, 6.07) is 1.27. The lowest BCUT2D eigenvalue weighted by molar-refractivity contribution is 0.164. The van der Waals surface area contributed by atoms with Crippen molar-refractivity contribution < 1.29 is 22.3 Å². The van der Waals surface area contributed by atoms with E-state index in [1.807, 2.05) is 4.72 Å². The van der Waals surface area contributed by atoms with Gasteiger partial charge in [-0.3, -0.25) is 0 Å². The quantitative estimate of drug-likeness (QED) is 0.705. The number of nitrogens with one attached hydrogen (secondary N) is 1. The zero-order valence-electron chi connectivity index (χ0n) is 9.60. The average Bonchev–Trinajstić information content (AvgIpc) is 2.29. The van der Waals surface area contributed by atoms with Crippen LogP contribution in [0.5, 0.6) is 0 Å². The maximum absolute atomic E-state index is 13.3. The van der Waals surface area contributed by atoms with Crippen molar-refractivity contribution in [1.82, 2.24) is 4.72 Å². The summed E-state index contributed by atoms with van der Waals surface area (Å²) in [6.07, 6.45) is -0.926. The van der Waals surface area contributed by atoms with Gasteiger partial charge < -0.3 is 10.8 Å². The fraction of sp³-hybridized carbons (Fsp3) is 0.400. The second kappa shape index (κ2) is 5.70. The first kappa shape index (κ1) is 15.0. The topological polar surface area (TPSA) is 92.4 Å². The van der Waals surface area contributed by atoms with Gasteiger partial charge in [-0.25, -0.2) is 21.9 Å². The summed E-state index contributed by atoms with van der Waals surface area (Å²) < 4.78 is 51.5. The third kappa shape index (κ3) is 3.70. The monoisotopic (exact) mass is 280 g/mol. The lowest BCUT2D eigenvalue weighted by Crippen LogP contribution is -2.43. The number of rotatable bonds is 5. The number of benzene rings is 1. The van der Waals surface area contributed by atoms with Crippen LogP contribution < -0.4 is 10.5 Å². The van der Waals surface area contributed by atoms with Gasteiger partial charge in [-0.1, -0.05) is 0 Å². The molecule has 0 fully saturated rings. The van der Waals surface area contributed by atoms with Gasteiger partial charge in [0.2, 0.25) is 10.0 Å². The van der Waals surface area contributed by atoms with Gasteiger partial charge in [0.25, 0.3) is 0 Å². The minimum absolute atomic E-state index is 0.282. The molecule has 5 nitrogen and oxygen atoms in total. The van der Waals surface area contributed by atoms with Crippen molar-refractivity contribution in [3.8, 4) is 0 Å². The molecule has 0 saturated carbocycles. The van der Waals surface area contributed by atoms with E-state index in [0.29, 0.717) is 6.07 Å². The summed E-state index contributed by atoms with van der Waals surface area (Å²) in [5.74, 6) is -1.92. The SMILES string of the molecule is CC(O)C(N)CNS(=O)(=O)c1cc(F)ccc1F. The predicted octanol–water partition coefficient (Wildman–Crippen LogP) is -0.0488. The van der Waals surface area contributed by atoms with Crippen LogP contribution in [-0.4, -0.2) is 32.2 Å². The highest BCUT2D eigenvalue weighted by molar-refractivity contribution is 7.89. The summed E-state index contributed by atoms with van der Waals surface area (Å²) in [7, 11) is -4.20. The highest BCUT2D eigenvalue weighted by Crippen LogP contribution is 2.15. The van der Waals surface area contributed by atoms with E-state index in [1.54, 1.807) is 0 Å². The van der Waals surface area contributed by atoms with E-state index in [9.17, 15) is 17.2 Å². The molecule has 0 aromatic heterocycles. The molecule has 8 heteroatoms. The third-order valence-electron chi connectivity index (χ3n) is 2.31. The van der Waals surface area contributed by atoms with Crippen molar-refractivity contribution >= 4 is 10.0 Å². The molecule has 0 saturated heterocycles. The van der Waals surface area contributed by atoms with Gasteiger partial charge >= 0.3 is 0 Å². The van der Waals surface area contributed by atoms with Crippen molar-refractivity contribution in [3.05, 3.63) is 29.8 Å². The Labute approximate surface area is 104 Å². The Morgan fingerprint density at radius 3 is 2.61 bits per heavy atom. The smallest absolute Gasteiger partial charge is 0.243 e. The molecule has 0 radical (unpaired) electrons. The van der Waals surface area contributed by atoms with Crippen molar-refractivity contribution in [2.24, 2.45) is 5.73 Å². The van der Waals surface area contributed by atoms with Crippen LogP contribution in [0.2, 0.25) is 0 Å². The molecule has 0 heterocycles. The number of hydrogen-bond acceptors (Lipinski definition) is 4. The molecule has 1 aromatic rings. The third-order valence-corrected chi connectivity index (χ3v) is 3.75. The predicted molar refractivity (Wildman–Crippen MR) is 61.2 cm³/mol. The van der Waals surface area contributed by atoms with Crippen LogP contribution >= 0.6 is 0 Å². The average molecular weight is 280 g/mol.